The van der Waals surface area contributed by atoms with E-state index in [0.717, 1.165) is 18.2 Å². The predicted molar refractivity (Wildman–Crippen MR) is 63.9 cm³/mol. The third-order valence-corrected chi connectivity index (χ3v) is 4.36. The molecule has 1 rings (SSSR count). The lowest BCUT2D eigenvalue weighted by Gasteiger charge is -2.38. The van der Waals surface area contributed by atoms with Crippen LogP contribution in [0, 0.1) is 0 Å². The molecule has 3 heteroatoms. The molecule has 1 fully saturated rings. The van der Waals surface area contributed by atoms with Crippen LogP contribution in [0.15, 0.2) is 0 Å². The first-order valence-electron chi connectivity index (χ1n) is 5.48. The van der Waals surface area contributed by atoms with Crippen LogP contribution in [0.25, 0.3) is 0 Å². The Morgan fingerprint density at radius 3 is 2.64 bits per heavy atom. The van der Waals surface area contributed by atoms with E-state index < -0.39 is 5.60 Å². The third kappa shape index (κ3) is 3.79. The number of nitrogens with zero attached hydrogens (tertiary/aromatic N) is 1. The summed E-state index contributed by atoms with van der Waals surface area (Å²) in [6.45, 7) is 10.6. The molecule has 0 saturated carbocycles. The van der Waals surface area contributed by atoms with Crippen LogP contribution in [-0.2, 0) is 0 Å². The van der Waals surface area contributed by atoms with E-state index in [9.17, 15) is 5.11 Å². The van der Waals surface area contributed by atoms with Crippen LogP contribution in [0.3, 0.4) is 0 Å². The monoisotopic (exact) mass is 217 g/mol. The van der Waals surface area contributed by atoms with Crippen molar-refractivity contribution in [3.05, 3.63) is 0 Å². The Morgan fingerprint density at radius 1 is 1.43 bits per heavy atom. The van der Waals surface area contributed by atoms with E-state index in [2.05, 4.69) is 30.5 Å². The number of hydrogen-bond donors (Lipinski definition) is 1. The van der Waals surface area contributed by atoms with E-state index in [4.69, 9.17) is 0 Å². The SMILES string of the molecule is CC1SCCN(CCC(C)(C)O)C1C. The highest BCUT2D eigenvalue weighted by Gasteiger charge is 2.26. The number of rotatable bonds is 3. The summed E-state index contributed by atoms with van der Waals surface area (Å²) < 4.78 is 0. The normalized spacial score (nSPS) is 30.6. The van der Waals surface area contributed by atoms with Gasteiger partial charge in [0.25, 0.3) is 0 Å². The highest BCUT2D eigenvalue weighted by atomic mass is 32.2. The van der Waals surface area contributed by atoms with Gasteiger partial charge in [-0.15, -0.1) is 0 Å². The van der Waals surface area contributed by atoms with E-state index in [1.54, 1.807) is 0 Å². The molecule has 0 aromatic heterocycles. The van der Waals surface area contributed by atoms with Crippen molar-refractivity contribution < 1.29 is 5.11 Å². The van der Waals surface area contributed by atoms with Gasteiger partial charge in [0, 0.05) is 30.1 Å². The highest BCUT2D eigenvalue weighted by molar-refractivity contribution is 8.00. The molecule has 0 spiro atoms. The summed E-state index contributed by atoms with van der Waals surface area (Å²) in [5.41, 5.74) is -0.520. The topological polar surface area (TPSA) is 23.5 Å². The number of aliphatic hydroxyl groups is 1. The number of hydrogen-bond acceptors (Lipinski definition) is 3. The van der Waals surface area contributed by atoms with Crippen LogP contribution in [-0.4, -0.2) is 45.7 Å². The maximum absolute atomic E-state index is 9.67. The molecule has 84 valence electrons. The second-order valence-corrected chi connectivity index (χ2v) is 6.40. The predicted octanol–water partition coefficient (Wildman–Crippen LogP) is 1.97. The van der Waals surface area contributed by atoms with Crippen molar-refractivity contribution in [3.8, 4) is 0 Å². The second-order valence-electron chi connectivity index (χ2n) is 4.91. The average Bonchev–Trinajstić information content (AvgIpc) is 2.06. The number of thioether (sulfide) groups is 1. The van der Waals surface area contributed by atoms with Crippen LogP contribution < -0.4 is 0 Å². The minimum Gasteiger partial charge on any atom is -0.390 e. The zero-order valence-corrected chi connectivity index (χ0v) is 10.6. The molecule has 1 aliphatic heterocycles. The summed E-state index contributed by atoms with van der Waals surface area (Å²) in [4.78, 5) is 2.50. The van der Waals surface area contributed by atoms with Crippen molar-refractivity contribution in [2.45, 2.75) is 51.0 Å². The van der Waals surface area contributed by atoms with Crippen LogP contribution in [0.2, 0.25) is 0 Å². The van der Waals surface area contributed by atoms with E-state index in [-0.39, 0.29) is 0 Å². The lowest BCUT2D eigenvalue weighted by molar-refractivity contribution is 0.0525. The molecular formula is C11H23NOS. The largest absolute Gasteiger partial charge is 0.390 e. The molecule has 0 aromatic rings. The molecule has 0 bridgehead atoms. The first-order chi connectivity index (χ1) is 6.40. The van der Waals surface area contributed by atoms with Gasteiger partial charge in [-0.3, -0.25) is 4.90 Å². The molecule has 1 N–H and O–H groups in total. The fourth-order valence-corrected chi connectivity index (χ4v) is 2.89. The maximum Gasteiger partial charge on any atom is 0.0603 e. The van der Waals surface area contributed by atoms with Crippen molar-refractivity contribution in [3.63, 3.8) is 0 Å². The lowest BCUT2D eigenvalue weighted by Crippen LogP contribution is -2.46. The Labute approximate surface area is 92.1 Å². The van der Waals surface area contributed by atoms with Crippen molar-refractivity contribution in [1.29, 1.82) is 0 Å². The van der Waals surface area contributed by atoms with Crippen molar-refractivity contribution >= 4 is 11.8 Å². The zero-order valence-electron chi connectivity index (χ0n) is 9.79. The van der Waals surface area contributed by atoms with Crippen LogP contribution in [0.5, 0.6) is 0 Å². The van der Waals surface area contributed by atoms with E-state index in [1.807, 2.05) is 13.8 Å². The quantitative estimate of drug-likeness (QED) is 0.782. The fraction of sp³-hybridized carbons (Fsp3) is 1.00. The summed E-state index contributed by atoms with van der Waals surface area (Å²) in [7, 11) is 0. The van der Waals surface area contributed by atoms with Gasteiger partial charge in [0.2, 0.25) is 0 Å². The molecule has 2 nitrogen and oxygen atoms in total. The first kappa shape index (κ1) is 12.3. The fourth-order valence-electron chi connectivity index (χ4n) is 1.73. The maximum atomic E-state index is 9.67. The summed E-state index contributed by atoms with van der Waals surface area (Å²) in [6, 6.07) is 0.649. The van der Waals surface area contributed by atoms with Crippen molar-refractivity contribution in [2.75, 3.05) is 18.8 Å². The summed E-state index contributed by atoms with van der Waals surface area (Å²) in [5.74, 6) is 1.23. The molecule has 14 heavy (non-hydrogen) atoms. The van der Waals surface area contributed by atoms with Gasteiger partial charge in [-0.2, -0.15) is 11.8 Å². The average molecular weight is 217 g/mol. The summed E-state index contributed by atoms with van der Waals surface area (Å²) in [5, 5.41) is 10.4. The molecule has 2 unspecified atom stereocenters. The summed E-state index contributed by atoms with van der Waals surface area (Å²) in [6.07, 6.45) is 0.870. The van der Waals surface area contributed by atoms with Crippen LogP contribution in [0.1, 0.15) is 34.1 Å². The smallest absolute Gasteiger partial charge is 0.0603 e. The minimum atomic E-state index is -0.520. The van der Waals surface area contributed by atoms with Crippen molar-refractivity contribution in [2.24, 2.45) is 0 Å². The van der Waals surface area contributed by atoms with Gasteiger partial charge in [-0.25, -0.2) is 0 Å². The van der Waals surface area contributed by atoms with Crippen LogP contribution in [0.4, 0.5) is 0 Å². The van der Waals surface area contributed by atoms with Gasteiger partial charge < -0.3 is 5.11 Å². The first-order valence-corrected chi connectivity index (χ1v) is 6.53. The minimum absolute atomic E-state index is 0.520. The van der Waals surface area contributed by atoms with Gasteiger partial charge in [0.15, 0.2) is 0 Å². The Morgan fingerprint density at radius 2 is 2.07 bits per heavy atom. The molecule has 2 atom stereocenters. The molecule has 1 aliphatic rings. The lowest BCUT2D eigenvalue weighted by atomic mass is 10.0. The second kappa shape index (κ2) is 4.86. The van der Waals surface area contributed by atoms with Gasteiger partial charge in [-0.1, -0.05) is 6.92 Å². The molecule has 0 aliphatic carbocycles. The van der Waals surface area contributed by atoms with Gasteiger partial charge >= 0.3 is 0 Å². The van der Waals surface area contributed by atoms with Crippen molar-refractivity contribution in [1.82, 2.24) is 4.90 Å². The van der Waals surface area contributed by atoms with E-state index >= 15 is 0 Å². The molecular weight excluding hydrogens is 194 g/mol. The standard InChI is InChI=1S/C11H23NOS/c1-9-10(2)14-8-7-12(9)6-5-11(3,4)13/h9-10,13H,5-8H2,1-4H3. The van der Waals surface area contributed by atoms with Gasteiger partial charge in [0.05, 0.1) is 5.60 Å². The zero-order chi connectivity index (χ0) is 10.8. The van der Waals surface area contributed by atoms with Crippen LogP contribution >= 0.6 is 11.8 Å². The molecule has 0 aromatic carbocycles. The highest BCUT2D eigenvalue weighted by Crippen LogP contribution is 2.24. The molecule has 1 saturated heterocycles. The Hall–Kier alpha value is 0.270. The third-order valence-electron chi connectivity index (χ3n) is 3.03. The summed E-state index contributed by atoms with van der Waals surface area (Å²) >= 11 is 2.06. The van der Waals surface area contributed by atoms with Gasteiger partial charge in [0.1, 0.15) is 0 Å². The Balaban J connectivity index is 2.36. The molecule has 1 heterocycles. The Bertz CT molecular complexity index is 179. The Kier molecular flexibility index (Phi) is 4.29. The molecule has 0 radical (unpaired) electrons. The molecule has 0 amide bonds. The van der Waals surface area contributed by atoms with E-state index in [1.165, 1.54) is 12.3 Å². The van der Waals surface area contributed by atoms with E-state index in [0.29, 0.717) is 6.04 Å². The van der Waals surface area contributed by atoms with Gasteiger partial charge in [-0.05, 0) is 27.2 Å².